The van der Waals surface area contributed by atoms with E-state index in [1.165, 1.54) is 6.07 Å². The van der Waals surface area contributed by atoms with Crippen molar-refractivity contribution in [2.24, 2.45) is 5.92 Å². The molecule has 140 valence electrons. The molecule has 3 N–H and O–H groups in total. The molecule has 0 bridgehead atoms. The Bertz CT molecular complexity index is 598. The average molecular weight is 350 g/mol. The second-order valence-corrected chi connectivity index (χ2v) is 7.78. The molecule has 1 aromatic carbocycles. The van der Waals surface area contributed by atoms with E-state index in [0.717, 1.165) is 19.4 Å². The maximum atomic E-state index is 12.3. The van der Waals surface area contributed by atoms with Crippen LogP contribution in [0, 0.1) is 5.92 Å². The largest absolute Gasteiger partial charge is 0.504 e. The van der Waals surface area contributed by atoms with E-state index in [4.69, 9.17) is 4.74 Å². The van der Waals surface area contributed by atoms with Crippen molar-refractivity contribution < 1.29 is 19.7 Å². The van der Waals surface area contributed by atoms with Crippen molar-refractivity contribution in [1.29, 1.82) is 0 Å². The monoisotopic (exact) mass is 350 g/mol. The van der Waals surface area contributed by atoms with Gasteiger partial charge in [0.1, 0.15) is 5.60 Å². The molecule has 1 aromatic rings. The van der Waals surface area contributed by atoms with E-state index < -0.39 is 5.60 Å². The topological polar surface area (TPSA) is 82.0 Å². The fourth-order valence-electron chi connectivity index (χ4n) is 3.07. The lowest BCUT2D eigenvalue weighted by Crippen LogP contribution is -2.47. The Labute approximate surface area is 149 Å². The number of benzene rings is 1. The van der Waals surface area contributed by atoms with Gasteiger partial charge < -0.3 is 25.2 Å². The highest BCUT2D eigenvalue weighted by Gasteiger charge is 2.30. The number of rotatable bonds is 4. The molecule has 1 fully saturated rings. The average Bonchev–Trinajstić information content (AvgIpc) is 2.54. The van der Waals surface area contributed by atoms with Gasteiger partial charge in [0.25, 0.3) is 0 Å². The number of piperidine rings is 1. The number of phenols is 2. The SMILES string of the molecule is CC(NCc1cccc(O)c1O)C1CCCN(C(=O)OC(C)(C)C)C1. The van der Waals surface area contributed by atoms with E-state index >= 15 is 0 Å². The summed E-state index contributed by atoms with van der Waals surface area (Å²) in [7, 11) is 0. The number of carbonyl (C=O) groups excluding carboxylic acids is 1. The van der Waals surface area contributed by atoms with E-state index in [2.05, 4.69) is 12.2 Å². The first-order valence-electron chi connectivity index (χ1n) is 8.88. The summed E-state index contributed by atoms with van der Waals surface area (Å²) in [4.78, 5) is 14.0. The number of aromatic hydroxyl groups is 2. The number of phenolic OH excluding ortho intramolecular Hbond substituents is 2. The third kappa shape index (κ3) is 5.53. The van der Waals surface area contributed by atoms with E-state index in [1.807, 2.05) is 20.8 Å². The molecular weight excluding hydrogens is 320 g/mol. The van der Waals surface area contributed by atoms with Gasteiger partial charge >= 0.3 is 6.09 Å². The van der Waals surface area contributed by atoms with Crippen molar-refractivity contribution >= 4 is 6.09 Å². The minimum absolute atomic E-state index is 0.0822. The number of amides is 1. The smallest absolute Gasteiger partial charge is 0.410 e. The van der Waals surface area contributed by atoms with Gasteiger partial charge in [-0.05, 0) is 52.5 Å². The van der Waals surface area contributed by atoms with Crippen LogP contribution in [0.1, 0.15) is 46.1 Å². The van der Waals surface area contributed by atoms with Gasteiger partial charge in [-0.1, -0.05) is 12.1 Å². The lowest BCUT2D eigenvalue weighted by Gasteiger charge is -2.36. The number of para-hydroxylation sites is 1. The van der Waals surface area contributed by atoms with E-state index in [0.29, 0.717) is 24.6 Å². The van der Waals surface area contributed by atoms with Crippen molar-refractivity contribution in [2.45, 2.75) is 58.7 Å². The molecule has 2 unspecified atom stereocenters. The Morgan fingerprint density at radius 3 is 2.80 bits per heavy atom. The Hall–Kier alpha value is -1.95. The summed E-state index contributed by atoms with van der Waals surface area (Å²) in [6.45, 7) is 9.56. The zero-order chi connectivity index (χ0) is 18.6. The molecule has 1 aliphatic heterocycles. The first-order valence-corrected chi connectivity index (χ1v) is 8.88. The summed E-state index contributed by atoms with van der Waals surface area (Å²) in [6, 6.07) is 5.12. The minimum atomic E-state index is -0.485. The number of nitrogens with one attached hydrogen (secondary N) is 1. The molecule has 6 nitrogen and oxygen atoms in total. The van der Waals surface area contributed by atoms with Crippen LogP contribution < -0.4 is 5.32 Å². The number of likely N-dealkylation sites (tertiary alicyclic amines) is 1. The standard InChI is InChI=1S/C19H30N2O4/c1-13(20-11-14-7-5-9-16(22)17(14)23)15-8-6-10-21(12-15)18(24)25-19(2,3)4/h5,7,9,13,15,20,22-23H,6,8,10-12H2,1-4H3. The number of carbonyl (C=O) groups is 1. The molecule has 6 heteroatoms. The highest BCUT2D eigenvalue weighted by molar-refractivity contribution is 5.68. The summed E-state index contributed by atoms with van der Waals surface area (Å²) in [6.07, 6.45) is 1.74. The molecule has 0 spiro atoms. The van der Waals surface area contributed by atoms with Crippen LogP contribution in [0.3, 0.4) is 0 Å². The first-order chi connectivity index (χ1) is 11.7. The molecule has 1 saturated heterocycles. The van der Waals surface area contributed by atoms with Gasteiger partial charge in [0, 0.05) is 31.2 Å². The van der Waals surface area contributed by atoms with E-state index in [1.54, 1.807) is 17.0 Å². The van der Waals surface area contributed by atoms with E-state index in [-0.39, 0.29) is 23.6 Å². The summed E-state index contributed by atoms with van der Waals surface area (Å²) >= 11 is 0. The lowest BCUT2D eigenvalue weighted by atomic mass is 9.91. The van der Waals surface area contributed by atoms with Crippen LogP contribution in [0.2, 0.25) is 0 Å². The minimum Gasteiger partial charge on any atom is -0.504 e. The lowest BCUT2D eigenvalue weighted by molar-refractivity contribution is 0.0148. The highest BCUT2D eigenvalue weighted by Crippen LogP contribution is 2.28. The summed E-state index contributed by atoms with van der Waals surface area (Å²) in [5.41, 5.74) is 0.174. The van der Waals surface area contributed by atoms with Crippen LogP contribution in [0.15, 0.2) is 18.2 Å². The van der Waals surface area contributed by atoms with Gasteiger partial charge in [-0.2, -0.15) is 0 Å². The van der Waals surface area contributed by atoms with Gasteiger partial charge in [-0.25, -0.2) is 4.79 Å². The second-order valence-electron chi connectivity index (χ2n) is 7.78. The van der Waals surface area contributed by atoms with Crippen LogP contribution in [-0.2, 0) is 11.3 Å². The third-order valence-corrected chi connectivity index (χ3v) is 4.53. The quantitative estimate of drug-likeness (QED) is 0.726. The Morgan fingerprint density at radius 1 is 1.40 bits per heavy atom. The number of hydrogen-bond acceptors (Lipinski definition) is 5. The number of hydrogen-bond donors (Lipinski definition) is 3. The molecule has 0 aliphatic carbocycles. The number of ether oxygens (including phenoxy) is 1. The van der Waals surface area contributed by atoms with Gasteiger partial charge in [0.2, 0.25) is 0 Å². The van der Waals surface area contributed by atoms with Crippen molar-refractivity contribution in [1.82, 2.24) is 10.2 Å². The Kier molecular flexibility index (Phi) is 6.16. The summed E-state index contributed by atoms with van der Waals surface area (Å²) < 4.78 is 5.47. The Balaban J connectivity index is 1.90. The molecule has 2 atom stereocenters. The highest BCUT2D eigenvalue weighted by atomic mass is 16.6. The van der Waals surface area contributed by atoms with Crippen molar-refractivity contribution in [3.8, 4) is 11.5 Å². The maximum absolute atomic E-state index is 12.3. The molecule has 2 rings (SSSR count). The van der Waals surface area contributed by atoms with E-state index in [9.17, 15) is 15.0 Å². The molecule has 1 aliphatic rings. The second kappa shape index (κ2) is 7.95. The normalized spacial score (nSPS) is 19.5. The van der Waals surface area contributed by atoms with Crippen molar-refractivity contribution in [3.05, 3.63) is 23.8 Å². The summed E-state index contributed by atoms with van der Waals surface area (Å²) in [5, 5.41) is 22.8. The number of nitrogens with zero attached hydrogens (tertiary/aromatic N) is 1. The first kappa shape index (κ1) is 19.4. The van der Waals surface area contributed by atoms with Gasteiger partial charge in [0.15, 0.2) is 11.5 Å². The molecule has 0 aromatic heterocycles. The zero-order valence-corrected chi connectivity index (χ0v) is 15.6. The molecule has 0 saturated carbocycles. The predicted molar refractivity (Wildman–Crippen MR) is 96.6 cm³/mol. The zero-order valence-electron chi connectivity index (χ0n) is 15.6. The van der Waals surface area contributed by atoms with Gasteiger partial charge in [-0.15, -0.1) is 0 Å². The molecule has 25 heavy (non-hydrogen) atoms. The van der Waals surface area contributed by atoms with Gasteiger partial charge in [0.05, 0.1) is 0 Å². The predicted octanol–water partition coefficient (Wildman–Crippen LogP) is 3.22. The Morgan fingerprint density at radius 2 is 2.12 bits per heavy atom. The third-order valence-electron chi connectivity index (χ3n) is 4.53. The molecule has 0 radical (unpaired) electrons. The van der Waals surface area contributed by atoms with Crippen LogP contribution >= 0.6 is 0 Å². The van der Waals surface area contributed by atoms with Crippen LogP contribution in [0.5, 0.6) is 11.5 Å². The molecule has 1 heterocycles. The summed E-state index contributed by atoms with van der Waals surface area (Å²) in [5.74, 6) is 0.127. The van der Waals surface area contributed by atoms with Crippen LogP contribution in [0.4, 0.5) is 4.79 Å². The molecular formula is C19H30N2O4. The van der Waals surface area contributed by atoms with Gasteiger partial charge in [-0.3, -0.25) is 0 Å². The van der Waals surface area contributed by atoms with Crippen molar-refractivity contribution in [2.75, 3.05) is 13.1 Å². The van der Waals surface area contributed by atoms with Crippen LogP contribution in [-0.4, -0.2) is 45.9 Å². The van der Waals surface area contributed by atoms with Crippen LogP contribution in [0.25, 0.3) is 0 Å². The maximum Gasteiger partial charge on any atom is 0.410 e. The fraction of sp³-hybridized carbons (Fsp3) is 0.632. The molecule has 1 amide bonds. The van der Waals surface area contributed by atoms with Crippen molar-refractivity contribution in [3.63, 3.8) is 0 Å². The fourth-order valence-corrected chi connectivity index (χ4v) is 3.07.